The van der Waals surface area contributed by atoms with Crippen LogP contribution < -0.4 is 15.0 Å². The van der Waals surface area contributed by atoms with E-state index in [1.54, 1.807) is 15.3 Å². The standard InChI is InChI=1S/C21H17N3O3/c1-14-4-2-3-5-16(14)12-23-8-9-24-18(21(23)25)11-17(22-24)15-6-7-19-20(10-15)27-13-26-19/h2-11H,12-13H2,1H3. The maximum absolute atomic E-state index is 12.9. The lowest BCUT2D eigenvalue weighted by Crippen LogP contribution is -2.22. The number of fused-ring (bicyclic) bond motifs is 2. The van der Waals surface area contributed by atoms with Gasteiger partial charge in [-0.1, -0.05) is 24.3 Å². The van der Waals surface area contributed by atoms with E-state index in [1.165, 1.54) is 5.56 Å². The molecule has 27 heavy (non-hydrogen) atoms. The largest absolute Gasteiger partial charge is 0.454 e. The molecule has 6 heteroatoms. The van der Waals surface area contributed by atoms with Gasteiger partial charge in [-0.15, -0.1) is 0 Å². The number of aromatic nitrogens is 3. The first-order valence-electron chi connectivity index (χ1n) is 8.72. The lowest BCUT2D eigenvalue weighted by Gasteiger charge is -2.08. The van der Waals surface area contributed by atoms with E-state index in [0.717, 1.165) is 22.6 Å². The average Bonchev–Trinajstić information content (AvgIpc) is 3.32. The number of hydrogen-bond donors (Lipinski definition) is 0. The van der Waals surface area contributed by atoms with Crippen molar-refractivity contribution in [3.63, 3.8) is 0 Å². The molecular weight excluding hydrogens is 342 g/mol. The predicted octanol–water partition coefficient (Wildman–Crippen LogP) is 3.25. The van der Waals surface area contributed by atoms with Gasteiger partial charge in [-0.2, -0.15) is 5.10 Å². The van der Waals surface area contributed by atoms with Crippen LogP contribution in [0, 0.1) is 6.92 Å². The van der Waals surface area contributed by atoms with Crippen LogP contribution in [0.1, 0.15) is 11.1 Å². The summed E-state index contributed by atoms with van der Waals surface area (Å²) in [5.41, 5.74) is 4.36. The minimum atomic E-state index is -0.0692. The average molecular weight is 359 g/mol. The van der Waals surface area contributed by atoms with Gasteiger partial charge in [-0.3, -0.25) is 4.79 Å². The minimum absolute atomic E-state index is 0.0692. The molecule has 1 aliphatic heterocycles. The topological polar surface area (TPSA) is 57.8 Å². The van der Waals surface area contributed by atoms with Crippen LogP contribution >= 0.6 is 0 Å². The highest BCUT2D eigenvalue weighted by molar-refractivity contribution is 5.68. The quantitative estimate of drug-likeness (QED) is 0.563. The van der Waals surface area contributed by atoms with Crippen molar-refractivity contribution < 1.29 is 9.47 Å². The van der Waals surface area contributed by atoms with Gasteiger partial charge in [0.25, 0.3) is 5.56 Å². The molecular formula is C21H17N3O3. The zero-order valence-corrected chi connectivity index (χ0v) is 14.8. The van der Waals surface area contributed by atoms with E-state index < -0.39 is 0 Å². The minimum Gasteiger partial charge on any atom is -0.454 e. The van der Waals surface area contributed by atoms with E-state index in [-0.39, 0.29) is 12.4 Å². The molecule has 3 heterocycles. The molecule has 2 aromatic carbocycles. The van der Waals surface area contributed by atoms with Gasteiger partial charge in [-0.05, 0) is 42.3 Å². The van der Waals surface area contributed by atoms with Crippen molar-refractivity contribution in [3.8, 4) is 22.8 Å². The Bertz CT molecular complexity index is 1220. The van der Waals surface area contributed by atoms with Crippen molar-refractivity contribution in [2.45, 2.75) is 13.5 Å². The summed E-state index contributed by atoms with van der Waals surface area (Å²) in [7, 11) is 0. The van der Waals surface area contributed by atoms with Gasteiger partial charge < -0.3 is 14.0 Å². The molecule has 4 aromatic rings. The van der Waals surface area contributed by atoms with E-state index in [2.05, 4.69) is 18.1 Å². The van der Waals surface area contributed by atoms with Gasteiger partial charge in [0.05, 0.1) is 12.2 Å². The smallest absolute Gasteiger partial charge is 0.276 e. The summed E-state index contributed by atoms with van der Waals surface area (Å²) in [4.78, 5) is 12.9. The summed E-state index contributed by atoms with van der Waals surface area (Å²) >= 11 is 0. The molecule has 0 amide bonds. The Morgan fingerprint density at radius 2 is 1.89 bits per heavy atom. The maximum Gasteiger partial charge on any atom is 0.276 e. The maximum atomic E-state index is 12.9. The molecule has 134 valence electrons. The van der Waals surface area contributed by atoms with Crippen molar-refractivity contribution in [1.29, 1.82) is 0 Å². The molecule has 0 bridgehead atoms. The first-order valence-corrected chi connectivity index (χ1v) is 8.72. The van der Waals surface area contributed by atoms with Crippen LogP contribution in [-0.2, 0) is 6.54 Å². The van der Waals surface area contributed by atoms with E-state index in [9.17, 15) is 4.79 Å². The first kappa shape index (κ1) is 15.7. The summed E-state index contributed by atoms with van der Waals surface area (Å²) in [6.07, 6.45) is 3.59. The van der Waals surface area contributed by atoms with Crippen molar-refractivity contribution >= 4 is 5.52 Å². The summed E-state index contributed by atoms with van der Waals surface area (Å²) in [5, 5.41) is 4.54. The molecule has 0 atom stereocenters. The van der Waals surface area contributed by atoms with Crippen molar-refractivity contribution in [2.24, 2.45) is 0 Å². The summed E-state index contributed by atoms with van der Waals surface area (Å²) in [5.74, 6) is 1.42. The molecule has 0 saturated carbocycles. The Kier molecular flexibility index (Phi) is 3.50. The Morgan fingerprint density at radius 3 is 2.78 bits per heavy atom. The third-order valence-electron chi connectivity index (χ3n) is 4.87. The highest BCUT2D eigenvalue weighted by Crippen LogP contribution is 2.35. The van der Waals surface area contributed by atoms with Crippen LogP contribution in [0.5, 0.6) is 11.5 Å². The third-order valence-corrected chi connectivity index (χ3v) is 4.87. The fraction of sp³-hybridized carbons (Fsp3) is 0.143. The van der Waals surface area contributed by atoms with Crippen molar-refractivity contribution in [3.05, 3.63) is 82.4 Å². The molecule has 1 aliphatic rings. The second-order valence-electron chi connectivity index (χ2n) is 6.59. The fourth-order valence-corrected chi connectivity index (χ4v) is 3.32. The van der Waals surface area contributed by atoms with Gasteiger partial charge in [0, 0.05) is 18.0 Å². The van der Waals surface area contributed by atoms with Crippen LogP contribution in [0.4, 0.5) is 0 Å². The zero-order valence-electron chi connectivity index (χ0n) is 14.8. The molecule has 2 aromatic heterocycles. The lowest BCUT2D eigenvalue weighted by atomic mass is 10.1. The zero-order chi connectivity index (χ0) is 18.4. The van der Waals surface area contributed by atoms with Gasteiger partial charge in [0.15, 0.2) is 11.5 Å². The Balaban J connectivity index is 1.56. The second-order valence-corrected chi connectivity index (χ2v) is 6.59. The van der Waals surface area contributed by atoms with E-state index in [0.29, 0.717) is 17.8 Å². The van der Waals surface area contributed by atoms with Gasteiger partial charge in [0.1, 0.15) is 5.52 Å². The van der Waals surface area contributed by atoms with E-state index >= 15 is 0 Å². The van der Waals surface area contributed by atoms with E-state index in [4.69, 9.17) is 9.47 Å². The second kappa shape index (κ2) is 6.02. The van der Waals surface area contributed by atoms with Crippen LogP contribution in [0.25, 0.3) is 16.8 Å². The Morgan fingerprint density at radius 1 is 1.04 bits per heavy atom. The first-order chi connectivity index (χ1) is 13.2. The molecule has 5 rings (SSSR count). The third kappa shape index (κ3) is 2.66. The summed E-state index contributed by atoms with van der Waals surface area (Å²) in [6.45, 7) is 2.82. The normalized spacial score (nSPS) is 12.6. The van der Waals surface area contributed by atoms with Crippen LogP contribution in [0.15, 0.2) is 65.7 Å². The highest BCUT2D eigenvalue weighted by Gasteiger charge is 2.16. The molecule has 6 nitrogen and oxygen atoms in total. The van der Waals surface area contributed by atoms with Gasteiger partial charge >= 0.3 is 0 Å². The lowest BCUT2D eigenvalue weighted by molar-refractivity contribution is 0.174. The number of ether oxygens (including phenoxy) is 2. The van der Waals surface area contributed by atoms with Crippen LogP contribution in [0.2, 0.25) is 0 Å². The molecule has 0 fully saturated rings. The van der Waals surface area contributed by atoms with E-state index in [1.807, 2.05) is 48.7 Å². The Labute approximate surface area is 155 Å². The van der Waals surface area contributed by atoms with Crippen LogP contribution in [-0.4, -0.2) is 21.0 Å². The number of benzene rings is 2. The fourth-order valence-electron chi connectivity index (χ4n) is 3.32. The Hall–Kier alpha value is -3.54. The molecule has 0 saturated heterocycles. The molecule has 0 unspecified atom stereocenters. The number of nitrogens with zero attached hydrogens (tertiary/aromatic N) is 3. The van der Waals surface area contributed by atoms with Gasteiger partial charge in [-0.25, -0.2) is 4.52 Å². The molecule has 0 spiro atoms. The summed E-state index contributed by atoms with van der Waals surface area (Å²) in [6, 6.07) is 15.6. The number of rotatable bonds is 3. The molecule has 0 aliphatic carbocycles. The number of aryl methyl sites for hydroxylation is 1. The van der Waals surface area contributed by atoms with Gasteiger partial charge in [0.2, 0.25) is 6.79 Å². The monoisotopic (exact) mass is 359 g/mol. The predicted molar refractivity (Wildman–Crippen MR) is 101 cm³/mol. The molecule has 0 radical (unpaired) electrons. The number of hydrogen-bond acceptors (Lipinski definition) is 4. The van der Waals surface area contributed by atoms with Crippen molar-refractivity contribution in [2.75, 3.05) is 6.79 Å². The van der Waals surface area contributed by atoms with Crippen LogP contribution in [0.3, 0.4) is 0 Å². The highest BCUT2D eigenvalue weighted by atomic mass is 16.7. The van der Waals surface area contributed by atoms with Crippen molar-refractivity contribution in [1.82, 2.24) is 14.2 Å². The molecule has 0 N–H and O–H groups in total. The summed E-state index contributed by atoms with van der Waals surface area (Å²) < 4.78 is 14.1. The SMILES string of the molecule is Cc1ccccc1Cn1ccn2nc(-c3ccc4c(c3)OCO4)cc2c1=O.